The van der Waals surface area contributed by atoms with Crippen molar-refractivity contribution in [1.82, 2.24) is 9.88 Å². The van der Waals surface area contributed by atoms with Gasteiger partial charge in [0.2, 0.25) is 0 Å². The molecule has 0 saturated heterocycles. The first-order valence-electron chi connectivity index (χ1n) is 5.93. The summed E-state index contributed by atoms with van der Waals surface area (Å²) < 4.78 is 12.7. The third kappa shape index (κ3) is 2.54. The molecule has 0 saturated carbocycles. The molecular formula is C14H17FN2O. The van der Waals surface area contributed by atoms with Crippen LogP contribution in [0.25, 0.3) is 10.9 Å². The molecule has 0 unspecified atom stereocenters. The van der Waals surface area contributed by atoms with Gasteiger partial charge in [0.25, 0.3) is 0 Å². The number of rotatable bonds is 6. The molecule has 18 heavy (non-hydrogen) atoms. The maximum Gasteiger partial charge on any atom is 0.143 e. The minimum Gasteiger partial charge on any atom is -0.507 e. The van der Waals surface area contributed by atoms with Gasteiger partial charge in [-0.25, -0.2) is 4.39 Å². The van der Waals surface area contributed by atoms with Gasteiger partial charge in [-0.1, -0.05) is 12.1 Å². The van der Waals surface area contributed by atoms with E-state index in [1.807, 2.05) is 12.3 Å². The minimum absolute atomic E-state index is 0.263. The van der Waals surface area contributed by atoms with Gasteiger partial charge in [-0.15, -0.1) is 6.58 Å². The molecule has 2 rings (SSSR count). The standard InChI is InChI=1S/C14H17FN2O/c1-2-7-17(10-15)8-6-11-9-16-12-4-3-5-13(18)14(11)12/h2-5,9,16,18H,1,6-8,10H2. The van der Waals surface area contributed by atoms with Crippen LogP contribution in [0.4, 0.5) is 4.39 Å². The molecule has 0 spiro atoms. The first-order chi connectivity index (χ1) is 8.76. The van der Waals surface area contributed by atoms with E-state index in [1.54, 1.807) is 23.1 Å². The maximum atomic E-state index is 12.7. The van der Waals surface area contributed by atoms with E-state index in [-0.39, 0.29) is 5.75 Å². The number of phenols is 1. The van der Waals surface area contributed by atoms with Crippen LogP contribution < -0.4 is 0 Å². The molecule has 0 aliphatic heterocycles. The van der Waals surface area contributed by atoms with Crippen LogP contribution in [0.3, 0.4) is 0 Å². The maximum absolute atomic E-state index is 12.7. The predicted molar refractivity (Wildman–Crippen MR) is 71.4 cm³/mol. The molecule has 4 heteroatoms. The number of nitrogens with one attached hydrogen (secondary N) is 1. The number of aromatic amines is 1. The Morgan fingerprint density at radius 3 is 3.00 bits per heavy atom. The van der Waals surface area contributed by atoms with Crippen LogP contribution in [0.15, 0.2) is 37.1 Å². The molecule has 96 valence electrons. The predicted octanol–water partition coefficient (Wildman–Crippen LogP) is 2.83. The fraction of sp³-hybridized carbons (Fsp3) is 0.286. The van der Waals surface area contributed by atoms with Crippen LogP contribution in [0.2, 0.25) is 0 Å². The molecule has 2 N–H and O–H groups in total. The molecule has 2 aromatic rings. The molecule has 0 bridgehead atoms. The van der Waals surface area contributed by atoms with Crippen molar-refractivity contribution in [2.24, 2.45) is 0 Å². The number of hydrogen-bond acceptors (Lipinski definition) is 2. The minimum atomic E-state index is -0.486. The lowest BCUT2D eigenvalue weighted by molar-refractivity contribution is 0.206. The normalized spacial score (nSPS) is 11.2. The van der Waals surface area contributed by atoms with Crippen molar-refractivity contribution in [1.29, 1.82) is 0 Å². The summed E-state index contributed by atoms with van der Waals surface area (Å²) >= 11 is 0. The second-order valence-electron chi connectivity index (χ2n) is 4.25. The Labute approximate surface area is 106 Å². The Hall–Kier alpha value is -1.81. The first-order valence-corrected chi connectivity index (χ1v) is 5.93. The van der Waals surface area contributed by atoms with Gasteiger partial charge in [-0.05, 0) is 24.1 Å². The average Bonchev–Trinajstić information content (AvgIpc) is 2.79. The first kappa shape index (κ1) is 12.6. The highest BCUT2D eigenvalue weighted by Crippen LogP contribution is 2.27. The molecule has 0 atom stereocenters. The Bertz CT molecular complexity index is 536. The van der Waals surface area contributed by atoms with E-state index in [0.29, 0.717) is 19.5 Å². The summed E-state index contributed by atoms with van der Waals surface area (Å²) in [7, 11) is 0. The van der Waals surface area contributed by atoms with Crippen molar-refractivity contribution in [3.05, 3.63) is 42.6 Å². The summed E-state index contributed by atoms with van der Waals surface area (Å²) in [6, 6.07) is 5.37. The average molecular weight is 248 g/mol. The molecule has 0 amide bonds. The van der Waals surface area contributed by atoms with E-state index in [4.69, 9.17) is 0 Å². The molecule has 0 aliphatic rings. The summed E-state index contributed by atoms with van der Waals surface area (Å²) in [5.74, 6) is 0.263. The summed E-state index contributed by atoms with van der Waals surface area (Å²) in [6.45, 7) is 4.25. The number of hydrogen-bond donors (Lipinski definition) is 2. The number of phenolic OH excluding ortho intramolecular Hbond substituents is 1. The largest absolute Gasteiger partial charge is 0.507 e. The van der Waals surface area contributed by atoms with Crippen LogP contribution in [0, 0.1) is 0 Å². The number of aromatic nitrogens is 1. The van der Waals surface area contributed by atoms with Crippen molar-refractivity contribution in [3.63, 3.8) is 0 Å². The Kier molecular flexibility index (Phi) is 3.99. The molecule has 1 heterocycles. The monoisotopic (exact) mass is 248 g/mol. The van der Waals surface area contributed by atoms with Crippen LogP contribution in [-0.4, -0.2) is 34.9 Å². The zero-order chi connectivity index (χ0) is 13.0. The van der Waals surface area contributed by atoms with E-state index in [0.717, 1.165) is 16.5 Å². The van der Waals surface area contributed by atoms with E-state index in [9.17, 15) is 9.50 Å². The summed E-state index contributed by atoms with van der Waals surface area (Å²) in [5, 5.41) is 10.7. The Balaban J connectivity index is 2.14. The molecule has 0 fully saturated rings. The van der Waals surface area contributed by atoms with Crippen molar-refractivity contribution < 1.29 is 9.50 Å². The van der Waals surface area contributed by atoms with Gasteiger partial charge < -0.3 is 10.1 Å². The van der Waals surface area contributed by atoms with E-state index in [2.05, 4.69) is 11.6 Å². The number of fused-ring (bicyclic) bond motifs is 1. The molecular weight excluding hydrogens is 231 g/mol. The summed E-state index contributed by atoms with van der Waals surface area (Å²) in [6.07, 6.45) is 4.25. The third-order valence-electron chi connectivity index (χ3n) is 3.02. The molecule has 1 aromatic heterocycles. The van der Waals surface area contributed by atoms with Crippen molar-refractivity contribution >= 4 is 10.9 Å². The van der Waals surface area contributed by atoms with Crippen LogP contribution in [0.1, 0.15) is 5.56 Å². The SMILES string of the molecule is C=CCN(CF)CCc1c[nH]c2cccc(O)c12. The highest BCUT2D eigenvalue weighted by Gasteiger charge is 2.09. The lowest BCUT2D eigenvalue weighted by atomic mass is 10.1. The number of benzene rings is 1. The zero-order valence-electron chi connectivity index (χ0n) is 10.2. The molecule has 3 nitrogen and oxygen atoms in total. The van der Waals surface area contributed by atoms with Gasteiger partial charge >= 0.3 is 0 Å². The van der Waals surface area contributed by atoms with E-state index >= 15 is 0 Å². The lowest BCUT2D eigenvalue weighted by Gasteiger charge is -2.15. The van der Waals surface area contributed by atoms with Crippen molar-refractivity contribution in [2.75, 3.05) is 19.9 Å². The highest BCUT2D eigenvalue weighted by atomic mass is 19.1. The third-order valence-corrected chi connectivity index (χ3v) is 3.02. The van der Waals surface area contributed by atoms with Gasteiger partial charge in [0, 0.05) is 30.2 Å². The molecule has 1 aromatic carbocycles. The smallest absolute Gasteiger partial charge is 0.143 e. The van der Waals surface area contributed by atoms with Crippen LogP contribution >= 0.6 is 0 Å². The van der Waals surface area contributed by atoms with Gasteiger partial charge in [0.05, 0.1) is 0 Å². The fourth-order valence-electron chi connectivity index (χ4n) is 2.09. The zero-order valence-corrected chi connectivity index (χ0v) is 10.2. The number of alkyl halides is 1. The number of nitrogens with zero attached hydrogens (tertiary/aromatic N) is 1. The number of halogens is 1. The Morgan fingerprint density at radius 1 is 1.44 bits per heavy atom. The highest BCUT2D eigenvalue weighted by molar-refractivity contribution is 5.88. The molecule has 0 aliphatic carbocycles. The van der Waals surface area contributed by atoms with Gasteiger partial charge in [-0.3, -0.25) is 4.90 Å². The second kappa shape index (κ2) is 5.69. The number of H-pyrrole nitrogens is 1. The van der Waals surface area contributed by atoms with Crippen molar-refractivity contribution in [2.45, 2.75) is 6.42 Å². The van der Waals surface area contributed by atoms with Crippen LogP contribution in [0.5, 0.6) is 5.75 Å². The summed E-state index contributed by atoms with van der Waals surface area (Å²) in [5.41, 5.74) is 1.91. The lowest BCUT2D eigenvalue weighted by Crippen LogP contribution is -2.25. The second-order valence-corrected chi connectivity index (χ2v) is 4.25. The van der Waals surface area contributed by atoms with Gasteiger partial charge in [0.15, 0.2) is 0 Å². The quantitative estimate of drug-likeness (QED) is 0.609. The van der Waals surface area contributed by atoms with Crippen LogP contribution in [-0.2, 0) is 6.42 Å². The fourth-order valence-corrected chi connectivity index (χ4v) is 2.09. The van der Waals surface area contributed by atoms with E-state index in [1.165, 1.54) is 0 Å². The van der Waals surface area contributed by atoms with Gasteiger partial charge in [0.1, 0.15) is 12.5 Å². The molecule has 0 radical (unpaired) electrons. The van der Waals surface area contributed by atoms with E-state index < -0.39 is 6.80 Å². The summed E-state index contributed by atoms with van der Waals surface area (Å²) in [4.78, 5) is 4.77. The van der Waals surface area contributed by atoms with Crippen molar-refractivity contribution in [3.8, 4) is 5.75 Å². The number of aromatic hydroxyl groups is 1. The topological polar surface area (TPSA) is 39.3 Å². The Morgan fingerprint density at radius 2 is 2.28 bits per heavy atom. The van der Waals surface area contributed by atoms with Gasteiger partial charge in [-0.2, -0.15) is 0 Å².